The lowest BCUT2D eigenvalue weighted by Gasteiger charge is -2.15. The Kier molecular flexibility index (Phi) is 3.54. The first-order valence-corrected chi connectivity index (χ1v) is 5.92. The summed E-state index contributed by atoms with van der Waals surface area (Å²) >= 11 is 0. The fourth-order valence-corrected chi connectivity index (χ4v) is 1.94. The lowest BCUT2D eigenvalue weighted by Crippen LogP contribution is -2.36. The van der Waals surface area contributed by atoms with Gasteiger partial charge in [-0.3, -0.25) is 18.7 Å². The number of rotatable bonds is 4. The van der Waals surface area contributed by atoms with Crippen LogP contribution in [0.25, 0.3) is 11.2 Å². The Labute approximate surface area is 118 Å². The first-order valence-electron chi connectivity index (χ1n) is 5.92. The molecule has 110 valence electrons. The summed E-state index contributed by atoms with van der Waals surface area (Å²) in [5.74, 6) is 1.36. The van der Waals surface area contributed by atoms with Gasteiger partial charge in [-0.15, -0.1) is 6.42 Å². The van der Waals surface area contributed by atoms with E-state index in [9.17, 15) is 14.4 Å². The average Bonchev–Trinajstić information content (AvgIpc) is 2.87. The molecule has 2 aromatic rings. The molecule has 0 aromatic carbocycles. The third kappa shape index (κ3) is 2.38. The summed E-state index contributed by atoms with van der Waals surface area (Å²) in [7, 11) is 2.82. The molecule has 0 aliphatic rings. The summed E-state index contributed by atoms with van der Waals surface area (Å²) < 4.78 is 2.14. The van der Waals surface area contributed by atoms with E-state index in [1.165, 1.54) is 23.6 Å². The molecule has 0 radical (unpaired) electrons. The highest BCUT2D eigenvalue weighted by molar-refractivity contribution is 5.76. The van der Waals surface area contributed by atoms with Gasteiger partial charge in [0.05, 0.1) is 6.54 Å². The monoisotopic (exact) mass is 291 g/mol. The number of hydrogen-bond acceptors (Lipinski definition) is 5. The SMILES string of the molecule is C#CCN(CC(=O)O)c1nc2c([nH]1)c(=O)n(C)c(=O)n2C. The normalized spacial score (nSPS) is 10.5. The number of aromatic amines is 1. The minimum atomic E-state index is -1.09. The molecule has 2 heterocycles. The van der Waals surface area contributed by atoms with E-state index in [-0.39, 0.29) is 30.2 Å². The Balaban J connectivity index is 2.67. The number of H-pyrrole nitrogens is 1. The van der Waals surface area contributed by atoms with Crippen molar-refractivity contribution in [2.24, 2.45) is 14.1 Å². The lowest BCUT2D eigenvalue weighted by atomic mass is 10.5. The molecule has 0 saturated carbocycles. The number of carboxylic acids is 1. The number of fused-ring (bicyclic) bond motifs is 1. The number of hydrogen-bond donors (Lipinski definition) is 2. The minimum Gasteiger partial charge on any atom is -0.480 e. The van der Waals surface area contributed by atoms with Crippen LogP contribution in [0.3, 0.4) is 0 Å². The first-order chi connectivity index (χ1) is 9.86. The maximum absolute atomic E-state index is 12.0. The van der Waals surface area contributed by atoms with Crippen LogP contribution in [0, 0.1) is 12.3 Å². The van der Waals surface area contributed by atoms with Gasteiger partial charge in [-0.2, -0.15) is 4.98 Å². The Morgan fingerprint density at radius 3 is 2.67 bits per heavy atom. The number of nitrogens with zero attached hydrogens (tertiary/aromatic N) is 4. The van der Waals surface area contributed by atoms with Crippen LogP contribution in [-0.4, -0.2) is 43.3 Å². The fraction of sp³-hybridized carbons (Fsp3) is 0.333. The molecule has 0 saturated heterocycles. The molecule has 0 spiro atoms. The van der Waals surface area contributed by atoms with E-state index in [0.29, 0.717) is 0 Å². The summed E-state index contributed by atoms with van der Waals surface area (Å²) in [6.45, 7) is -0.376. The topological polar surface area (TPSA) is 113 Å². The van der Waals surface area contributed by atoms with Crippen LogP contribution >= 0.6 is 0 Å². The number of aliphatic carboxylic acids is 1. The van der Waals surface area contributed by atoms with Gasteiger partial charge in [0.1, 0.15) is 6.54 Å². The summed E-state index contributed by atoms with van der Waals surface area (Å²) in [5.41, 5.74) is -0.803. The molecular weight excluding hydrogens is 278 g/mol. The molecule has 2 aromatic heterocycles. The third-order valence-electron chi connectivity index (χ3n) is 2.99. The number of nitrogens with one attached hydrogen (secondary N) is 1. The minimum absolute atomic E-state index is 0.000381. The van der Waals surface area contributed by atoms with Crippen LogP contribution in [0.2, 0.25) is 0 Å². The van der Waals surface area contributed by atoms with E-state index in [4.69, 9.17) is 11.5 Å². The first kappa shape index (κ1) is 14.4. The van der Waals surface area contributed by atoms with Gasteiger partial charge < -0.3 is 15.0 Å². The Morgan fingerprint density at radius 1 is 1.43 bits per heavy atom. The number of terminal acetylenes is 1. The van der Waals surface area contributed by atoms with E-state index in [2.05, 4.69) is 15.9 Å². The molecule has 2 N–H and O–H groups in total. The predicted molar refractivity (Wildman–Crippen MR) is 75.3 cm³/mol. The lowest BCUT2D eigenvalue weighted by molar-refractivity contribution is -0.135. The van der Waals surface area contributed by atoms with Crippen LogP contribution in [0.15, 0.2) is 9.59 Å². The van der Waals surface area contributed by atoms with Crippen LogP contribution in [-0.2, 0) is 18.9 Å². The van der Waals surface area contributed by atoms with Crippen molar-refractivity contribution in [2.75, 3.05) is 18.0 Å². The van der Waals surface area contributed by atoms with Gasteiger partial charge >= 0.3 is 11.7 Å². The maximum atomic E-state index is 12.0. The van der Waals surface area contributed by atoms with Gasteiger partial charge in [0.15, 0.2) is 11.2 Å². The summed E-state index contributed by atoms with van der Waals surface area (Å²) in [4.78, 5) is 42.8. The third-order valence-corrected chi connectivity index (χ3v) is 2.99. The molecule has 0 unspecified atom stereocenters. The van der Waals surface area contributed by atoms with Crippen molar-refractivity contribution in [2.45, 2.75) is 0 Å². The van der Waals surface area contributed by atoms with Crippen molar-refractivity contribution in [3.63, 3.8) is 0 Å². The molecule has 9 heteroatoms. The van der Waals surface area contributed by atoms with Crippen molar-refractivity contribution >= 4 is 23.1 Å². The smallest absolute Gasteiger partial charge is 0.332 e. The second-order valence-corrected chi connectivity index (χ2v) is 4.42. The highest BCUT2D eigenvalue weighted by Crippen LogP contribution is 2.12. The number of aromatic nitrogens is 4. The largest absolute Gasteiger partial charge is 0.480 e. The zero-order valence-electron chi connectivity index (χ0n) is 11.5. The molecule has 0 aliphatic carbocycles. The van der Waals surface area contributed by atoms with Crippen LogP contribution < -0.4 is 16.1 Å². The van der Waals surface area contributed by atoms with E-state index in [1.807, 2.05) is 0 Å². The zero-order chi connectivity index (χ0) is 15.7. The highest BCUT2D eigenvalue weighted by atomic mass is 16.4. The van der Waals surface area contributed by atoms with E-state index < -0.39 is 17.2 Å². The quantitative estimate of drug-likeness (QED) is 0.662. The van der Waals surface area contributed by atoms with Crippen molar-refractivity contribution in [1.29, 1.82) is 0 Å². The molecule has 2 rings (SSSR count). The van der Waals surface area contributed by atoms with Gasteiger partial charge in [0, 0.05) is 14.1 Å². The van der Waals surface area contributed by atoms with E-state index >= 15 is 0 Å². The summed E-state index contributed by atoms with van der Waals surface area (Å²) in [6.07, 6.45) is 5.20. The molecule has 0 bridgehead atoms. The number of imidazole rings is 1. The second-order valence-electron chi connectivity index (χ2n) is 4.42. The number of carbonyl (C=O) groups is 1. The van der Waals surface area contributed by atoms with Gasteiger partial charge in [-0.25, -0.2) is 4.79 Å². The Bertz CT molecular complexity index is 867. The molecular formula is C12H13N5O4. The van der Waals surface area contributed by atoms with Gasteiger partial charge in [-0.05, 0) is 0 Å². The highest BCUT2D eigenvalue weighted by Gasteiger charge is 2.18. The summed E-state index contributed by atoms with van der Waals surface area (Å²) in [6, 6.07) is 0. The van der Waals surface area contributed by atoms with E-state index in [0.717, 1.165) is 4.57 Å². The molecule has 21 heavy (non-hydrogen) atoms. The fourth-order valence-electron chi connectivity index (χ4n) is 1.94. The number of aryl methyl sites for hydroxylation is 1. The van der Waals surface area contributed by atoms with Crippen molar-refractivity contribution in [3.05, 3.63) is 20.8 Å². The van der Waals surface area contributed by atoms with Gasteiger partial charge in [0.2, 0.25) is 5.95 Å². The van der Waals surface area contributed by atoms with Crippen molar-refractivity contribution in [1.82, 2.24) is 19.1 Å². The standard InChI is InChI=1S/C12H13N5O4/c1-4-5-17(6-7(18)19)11-13-8-9(14-11)15(2)12(21)16(3)10(8)20/h1H,5-6H2,2-3H3,(H,13,14)(H,18,19). The molecule has 0 atom stereocenters. The van der Waals surface area contributed by atoms with Crippen molar-refractivity contribution < 1.29 is 9.90 Å². The molecule has 0 aliphatic heterocycles. The summed E-state index contributed by atoms with van der Waals surface area (Å²) in [5, 5.41) is 8.87. The van der Waals surface area contributed by atoms with Crippen LogP contribution in [0.4, 0.5) is 5.95 Å². The Hall–Kier alpha value is -3.02. The molecule has 0 amide bonds. The zero-order valence-corrected chi connectivity index (χ0v) is 11.5. The van der Waals surface area contributed by atoms with Gasteiger partial charge in [0.25, 0.3) is 5.56 Å². The van der Waals surface area contributed by atoms with Crippen LogP contribution in [0.1, 0.15) is 0 Å². The van der Waals surface area contributed by atoms with Crippen LogP contribution in [0.5, 0.6) is 0 Å². The van der Waals surface area contributed by atoms with Crippen molar-refractivity contribution in [3.8, 4) is 12.3 Å². The second kappa shape index (κ2) is 5.16. The van der Waals surface area contributed by atoms with E-state index in [1.54, 1.807) is 0 Å². The molecule has 0 fully saturated rings. The number of carboxylic acid groups (broad SMARTS) is 1. The average molecular weight is 291 g/mol. The molecule has 9 nitrogen and oxygen atoms in total. The predicted octanol–water partition coefficient (Wildman–Crippen LogP) is -1.52. The Morgan fingerprint density at radius 2 is 2.10 bits per heavy atom. The maximum Gasteiger partial charge on any atom is 0.332 e. The number of anilines is 1. The van der Waals surface area contributed by atoms with Gasteiger partial charge in [-0.1, -0.05) is 5.92 Å².